The first-order valence-electron chi connectivity index (χ1n) is 10.2. The number of nitrogens with one attached hydrogen (secondary N) is 2. The lowest BCUT2D eigenvalue weighted by Gasteiger charge is -2.29. The third-order valence-corrected chi connectivity index (χ3v) is 6.30. The molecule has 4 heterocycles. The maximum absolute atomic E-state index is 12.9. The number of rotatable bonds is 5. The van der Waals surface area contributed by atoms with Gasteiger partial charge in [0.05, 0.1) is 19.9 Å². The molecule has 1 aromatic carbocycles. The summed E-state index contributed by atoms with van der Waals surface area (Å²) in [7, 11) is 1.57. The zero-order valence-corrected chi connectivity index (χ0v) is 18.2. The summed E-state index contributed by atoms with van der Waals surface area (Å²) in [6.45, 7) is 3.70. The highest BCUT2D eigenvalue weighted by Crippen LogP contribution is 2.32. The van der Waals surface area contributed by atoms with Gasteiger partial charge in [0.2, 0.25) is 0 Å². The van der Waals surface area contributed by atoms with Crippen LogP contribution in [0.5, 0.6) is 5.75 Å². The summed E-state index contributed by atoms with van der Waals surface area (Å²) in [5, 5.41) is 8.29. The van der Waals surface area contributed by atoms with Gasteiger partial charge in [-0.15, -0.1) is 11.3 Å². The summed E-state index contributed by atoms with van der Waals surface area (Å²) in [4.78, 5) is 42.3. The van der Waals surface area contributed by atoms with Crippen molar-refractivity contribution in [2.24, 2.45) is 0 Å². The molecule has 0 aliphatic carbocycles. The van der Waals surface area contributed by atoms with Crippen molar-refractivity contribution in [1.29, 1.82) is 0 Å². The van der Waals surface area contributed by atoms with Gasteiger partial charge in [-0.05, 0) is 17.7 Å². The Morgan fingerprint density at radius 3 is 2.94 bits per heavy atom. The van der Waals surface area contributed by atoms with Gasteiger partial charge < -0.3 is 20.3 Å². The fourth-order valence-electron chi connectivity index (χ4n) is 3.78. The smallest absolute Gasteiger partial charge is 0.275 e. The molecule has 10 nitrogen and oxygen atoms in total. The molecule has 164 valence electrons. The van der Waals surface area contributed by atoms with Crippen molar-refractivity contribution in [2.45, 2.75) is 6.54 Å². The molecule has 0 atom stereocenters. The van der Waals surface area contributed by atoms with Crippen LogP contribution in [-0.4, -0.2) is 60.1 Å². The first-order chi connectivity index (χ1) is 15.6. The highest BCUT2D eigenvalue weighted by molar-refractivity contribution is 7.14. The second-order valence-electron chi connectivity index (χ2n) is 7.38. The van der Waals surface area contributed by atoms with Crippen LogP contribution in [0, 0.1) is 0 Å². The van der Waals surface area contributed by atoms with Gasteiger partial charge in [-0.2, -0.15) is 0 Å². The van der Waals surface area contributed by atoms with Crippen LogP contribution < -0.4 is 25.2 Å². The van der Waals surface area contributed by atoms with Crippen LogP contribution in [0.3, 0.4) is 0 Å². The van der Waals surface area contributed by atoms with Crippen LogP contribution in [0.15, 0.2) is 36.1 Å². The van der Waals surface area contributed by atoms with Crippen LogP contribution in [0.25, 0.3) is 0 Å². The third-order valence-electron chi connectivity index (χ3n) is 5.43. The Hall–Kier alpha value is -3.57. The van der Waals surface area contributed by atoms with E-state index in [4.69, 9.17) is 4.74 Å². The monoisotopic (exact) mass is 451 g/mol. The molecule has 2 aliphatic heterocycles. The molecule has 1 saturated heterocycles. The molecule has 0 saturated carbocycles. The van der Waals surface area contributed by atoms with E-state index >= 15 is 0 Å². The van der Waals surface area contributed by atoms with Crippen LogP contribution in [0.2, 0.25) is 0 Å². The molecular weight excluding hydrogens is 430 g/mol. The molecule has 1 fully saturated rings. The lowest BCUT2D eigenvalue weighted by atomic mass is 10.1. The van der Waals surface area contributed by atoms with E-state index in [1.807, 2.05) is 12.1 Å². The van der Waals surface area contributed by atoms with Crippen molar-refractivity contribution >= 4 is 39.8 Å². The van der Waals surface area contributed by atoms with E-state index in [0.717, 1.165) is 31.7 Å². The van der Waals surface area contributed by atoms with Gasteiger partial charge in [0.1, 0.15) is 23.5 Å². The van der Waals surface area contributed by atoms with Crippen molar-refractivity contribution in [3.8, 4) is 5.75 Å². The Kier molecular flexibility index (Phi) is 5.41. The quantitative estimate of drug-likeness (QED) is 0.604. The van der Waals surface area contributed by atoms with Gasteiger partial charge in [-0.1, -0.05) is 6.07 Å². The molecule has 2 N–H and O–H groups in total. The van der Waals surface area contributed by atoms with Gasteiger partial charge >= 0.3 is 0 Å². The number of piperazine rings is 1. The summed E-state index contributed by atoms with van der Waals surface area (Å²) in [6.07, 6.45) is 3.06. The standard InChI is InChI=1S/C21H21N7O3S/c1-31-14-3-2-13-10-28(20(30)15(13)8-14)21-26-17(11-32-21)19(29)25-16-9-23-12-24-18(16)27-6-4-22-5-7-27/h2-3,8-9,11-12,22H,4-7,10H2,1H3,(H,25,29). The van der Waals surface area contributed by atoms with Crippen LogP contribution >= 0.6 is 11.3 Å². The highest BCUT2D eigenvalue weighted by atomic mass is 32.1. The van der Waals surface area contributed by atoms with Gasteiger partial charge in [-0.3, -0.25) is 14.5 Å². The zero-order valence-electron chi connectivity index (χ0n) is 17.4. The number of fused-ring (bicyclic) bond motifs is 1. The molecule has 0 radical (unpaired) electrons. The molecule has 0 bridgehead atoms. The summed E-state index contributed by atoms with van der Waals surface area (Å²) < 4.78 is 5.22. The van der Waals surface area contributed by atoms with Crippen molar-refractivity contribution < 1.29 is 14.3 Å². The molecule has 11 heteroatoms. The topological polar surface area (TPSA) is 113 Å². The van der Waals surface area contributed by atoms with Crippen LogP contribution in [0.1, 0.15) is 26.4 Å². The van der Waals surface area contributed by atoms with E-state index in [1.54, 1.807) is 29.7 Å². The minimum absolute atomic E-state index is 0.155. The predicted octanol–water partition coefficient (Wildman–Crippen LogP) is 1.76. The Bertz CT molecular complexity index is 1180. The molecule has 2 aromatic heterocycles. The van der Waals surface area contributed by atoms with E-state index < -0.39 is 0 Å². The molecule has 2 aliphatic rings. The molecule has 5 rings (SSSR count). The van der Waals surface area contributed by atoms with Gasteiger partial charge in [0.25, 0.3) is 11.8 Å². The second kappa shape index (κ2) is 8.52. The number of ether oxygens (including phenoxy) is 1. The molecule has 2 amide bonds. The number of hydrogen-bond donors (Lipinski definition) is 2. The van der Waals surface area contributed by atoms with Crippen molar-refractivity contribution in [3.05, 3.63) is 52.9 Å². The van der Waals surface area contributed by atoms with Crippen molar-refractivity contribution in [2.75, 3.05) is 48.4 Å². The van der Waals surface area contributed by atoms with Crippen LogP contribution in [0.4, 0.5) is 16.6 Å². The van der Waals surface area contributed by atoms with Gasteiger partial charge in [0.15, 0.2) is 10.9 Å². The van der Waals surface area contributed by atoms with E-state index in [9.17, 15) is 9.59 Å². The lowest BCUT2D eigenvalue weighted by Crippen LogP contribution is -2.44. The number of nitrogens with zero attached hydrogens (tertiary/aromatic N) is 5. The van der Waals surface area contributed by atoms with Crippen molar-refractivity contribution in [1.82, 2.24) is 20.3 Å². The maximum atomic E-state index is 12.9. The summed E-state index contributed by atoms with van der Waals surface area (Å²) in [5.74, 6) is 0.787. The van der Waals surface area contributed by atoms with Crippen molar-refractivity contribution in [3.63, 3.8) is 0 Å². The van der Waals surface area contributed by atoms with Gasteiger partial charge in [-0.25, -0.2) is 15.0 Å². The number of benzene rings is 1. The number of amides is 2. The number of aromatic nitrogens is 3. The summed E-state index contributed by atoms with van der Waals surface area (Å²) in [5.41, 5.74) is 2.26. The van der Waals surface area contributed by atoms with Crippen LogP contribution in [-0.2, 0) is 6.54 Å². The SMILES string of the molecule is COc1ccc2c(c1)C(=O)N(c1nc(C(=O)Nc3cncnc3N3CCNCC3)cs1)C2. The third kappa shape index (κ3) is 3.76. The highest BCUT2D eigenvalue weighted by Gasteiger charge is 2.31. The molecule has 0 unspecified atom stereocenters. The first-order valence-corrected chi connectivity index (χ1v) is 11.0. The van der Waals surface area contributed by atoms with E-state index in [0.29, 0.717) is 34.5 Å². The number of carbonyl (C=O) groups is 2. The number of hydrogen-bond acceptors (Lipinski definition) is 9. The summed E-state index contributed by atoms with van der Waals surface area (Å²) in [6, 6.07) is 5.43. The number of thiazole rings is 1. The minimum Gasteiger partial charge on any atom is -0.497 e. The predicted molar refractivity (Wildman–Crippen MR) is 121 cm³/mol. The second-order valence-corrected chi connectivity index (χ2v) is 8.22. The Morgan fingerprint density at radius 2 is 2.12 bits per heavy atom. The zero-order chi connectivity index (χ0) is 22.1. The minimum atomic E-state index is -0.371. The molecule has 3 aromatic rings. The molecular formula is C21H21N7O3S. The fraction of sp³-hybridized carbons (Fsp3) is 0.286. The average Bonchev–Trinajstić information content (AvgIpc) is 3.45. The Balaban J connectivity index is 1.33. The maximum Gasteiger partial charge on any atom is 0.275 e. The van der Waals surface area contributed by atoms with E-state index in [-0.39, 0.29) is 17.5 Å². The Morgan fingerprint density at radius 1 is 1.28 bits per heavy atom. The Labute approximate surface area is 188 Å². The number of anilines is 3. The van der Waals surface area contributed by atoms with E-state index in [1.165, 1.54) is 17.7 Å². The number of carbonyl (C=O) groups excluding carboxylic acids is 2. The first kappa shape index (κ1) is 20.3. The number of methoxy groups -OCH3 is 1. The van der Waals surface area contributed by atoms with E-state index in [2.05, 4.69) is 30.5 Å². The lowest BCUT2D eigenvalue weighted by molar-refractivity contribution is 0.0991. The summed E-state index contributed by atoms with van der Waals surface area (Å²) >= 11 is 1.25. The van der Waals surface area contributed by atoms with Gasteiger partial charge in [0, 0.05) is 37.1 Å². The average molecular weight is 452 g/mol. The molecule has 0 spiro atoms. The fourth-order valence-corrected chi connectivity index (χ4v) is 4.58. The largest absolute Gasteiger partial charge is 0.497 e. The normalized spacial score (nSPS) is 15.6. The molecule has 32 heavy (non-hydrogen) atoms.